The Hall–Kier alpha value is -2.28. The van der Waals surface area contributed by atoms with Crippen molar-refractivity contribution in [1.82, 2.24) is 0 Å². The van der Waals surface area contributed by atoms with Crippen molar-refractivity contribution in [2.75, 3.05) is 17.2 Å². The molecule has 0 bridgehead atoms. The molecule has 0 atom stereocenters. The number of carbonyl (C=O) groups is 1. The smallest absolute Gasteiger partial charge is 0.271 e. The van der Waals surface area contributed by atoms with Crippen LogP contribution in [-0.4, -0.2) is 23.1 Å². The van der Waals surface area contributed by atoms with Gasteiger partial charge in [0.2, 0.25) is 5.91 Å². The van der Waals surface area contributed by atoms with Crippen molar-refractivity contribution in [1.29, 1.82) is 0 Å². The average molecular weight is 318 g/mol. The van der Waals surface area contributed by atoms with Gasteiger partial charge in [0, 0.05) is 18.7 Å². The minimum atomic E-state index is -0.438. The zero-order valence-corrected chi connectivity index (χ0v) is 12.5. The van der Waals surface area contributed by atoms with Crippen LogP contribution in [0, 0.1) is 10.1 Å². The number of nitrogens with zero attached hydrogens (tertiary/aromatic N) is 2. The third-order valence-corrected chi connectivity index (χ3v) is 4.47. The summed E-state index contributed by atoms with van der Waals surface area (Å²) in [7, 11) is 0. The molecular weight excluding hydrogens is 304 g/mol. The minimum Gasteiger partial charge on any atom is -0.468 e. The van der Waals surface area contributed by atoms with Crippen molar-refractivity contribution in [3.05, 3.63) is 58.0 Å². The number of anilines is 1. The Balaban J connectivity index is 1.65. The van der Waals surface area contributed by atoms with E-state index in [-0.39, 0.29) is 11.6 Å². The third kappa shape index (κ3) is 2.99. The fraction of sp³-hybridized carbons (Fsp3) is 0.267. The molecule has 3 rings (SSSR count). The standard InChI is InChI=1S/C15H14N2O4S/c18-15(10-22-9-13-2-1-7-21-13)16-6-5-11-3-4-12(17(19)20)8-14(11)16/h1-4,7-8H,5-6,9-10H2. The van der Waals surface area contributed by atoms with Gasteiger partial charge in [0.05, 0.1) is 28.4 Å². The highest BCUT2D eigenvalue weighted by Crippen LogP contribution is 2.32. The number of nitro groups is 1. The summed E-state index contributed by atoms with van der Waals surface area (Å²) in [6, 6.07) is 8.38. The maximum Gasteiger partial charge on any atom is 0.271 e. The SMILES string of the molecule is O=C(CSCc1ccco1)N1CCc2ccc([N+](=O)[O-])cc21. The number of nitro benzene ring substituents is 1. The zero-order chi connectivity index (χ0) is 15.5. The Morgan fingerprint density at radius 1 is 1.41 bits per heavy atom. The molecule has 6 nitrogen and oxygen atoms in total. The molecule has 1 aliphatic rings. The van der Waals surface area contributed by atoms with E-state index in [0.717, 1.165) is 17.7 Å². The van der Waals surface area contributed by atoms with Gasteiger partial charge in [-0.1, -0.05) is 6.07 Å². The van der Waals surface area contributed by atoms with Gasteiger partial charge >= 0.3 is 0 Å². The van der Waals surface area contributed by atoms with E-state index in [9.17, 15) is 14.9 Å². The van der Waals surface area contributed by atoms with E-state index in [4.69, 9.17) is 4.42 Å². The fourth-order valence-corrected chi connectivity index (χ4v) is 3.25. The number of amides is 1. The lowest BCUT2D eigenvalue weighted by molar-refractivity contribution is -0.384. The first-order valence-corrected chi connectivity index (χ1v) is 7.98. The van der Waals surface area contributed by atoms with Gasteiger partial charge in [-0.2, -0.15) is 0 Å². The summed E-state index contributed by atoms with van der Waals surface area (Å²) in [5.41, 5.74) is 1.66. The van der Waals surface area contributed by atoms with E-state index in [0.29, 0.717) is 23.7 Å². The Bertz CT molecular complexity index is 700. The highest BCUT2D eigenvalue weighted by atomic mass is 32.2. The third-order valence-electron chi connectivity index (χ3n) is 3.53. The van der Waals surface area contributed by atoms with E-state index in [1.807, 2.05) is 12.1 Å². The van der Waals surface area contributed by atoms with Gasteiger partial charge in [0.25, 0.3) is 5.69 Å². The lowest BCUT2D eigenvalue weighted by Gasteiger charge is -2.16. The molecule has 22 heavy (non-hydrogen) atoms. The van der Waals surface area contributed by atoms with Crippen LogP contribution in [0.1, 0.15) is 11.3 Å². The molecule has 114 valence electrons. The van der Waals surface area contributed by atoms with Crippen LogP contribution in [-0.2, 0) is 17.0 Å². The van der Waals surface area contributed by atoms with E-state index < -0.39 is 4.92 Å². The van der Waals surface area contributed by atoms with E-state index in [1.54, 1.807) is 17.2 Å². The van der Waals surface area contributed by atoms with E-state index >= 15 is 0 Å². The van der Waals surface area contributed by atoms with E-state index in [2.05, 4.69) is 0 Å². The predicted octanol–water partition coefficient (Wildman–Crippen LogP) is 3.01. The molecule has 0 N–H and O–H groups in total. The summed E-state index contributed by atoms with van der Waals surface area (Å²) < 4.78 is 5.22. The van der Waals surface area contributed by atoms with Crippen molar-refractivity contribution in [3.8, 4) is 0 Å². The van der Waals surface area contributed by atoms with Crippen LogP contribution in [0.5, 0.6) is 0 Å². The maximum absolute atomic E-state index is 12.3. The Kier molecular flexibility index (Phi) is 4.15. The molecule has 1 aromatic heterocycles. The quantitative estimate of drug-likeness (QED) is 0.625. The summed E-state index contributed by atoms with van der Waals surface area (Å²) in [5, 5.41) is 10.9. The first-order valence-electron chi connectivity index (χ1n) is 6.83. The molecular formula is C15H14N2O4S. The highest BCUT2D eigenvalue weighted by molar-refractivity contribution is 7.99. The maximum atomic E-state index is 12.3. The number of furan rings is 1. The molecule has 0 aliphatic carbocycles. The summed E-state index contributed by atoms with van der Waals surface area (Å²) in [6.07, 6.45) is 2.34. The first kappa shape index (κ1) is 14.6. The predicted molar refractivity (Wildman–Crippen MR) is 84.0 cm³/mol. The summed E-state index contributed by atoms with van der Waals surface area (Å²) >= 11 is 1.47. The van der Waals surface area contributed by atoms with Crippen molar-refractivity contribution in [2.24, 2.45) is 0 Å². The van der Waals surface area contributed by atoms with Crippen molar-refractivity contribution < 1.29 is 14.1 Å². The first-order chi connectivity index (χ1) is 10.6. The highest BCUT2D eigenvalue weighted by Gasteiger charge is 2.26. The number of hydrogen-bond donors (Lipinski definition) is 0. The van der Waals surface area contributed by atoms with Crippen LogP contribution in [0.25, 0.3) is 0 Å². The number of thioether (sulfide) groups is 1. The van der Waals surface area contributed by atoms with Gasteiger partial charge in [-0.15, -0.1) is 11.8 Å². The van der Waals surface area contributed by atoms with Gasteiger partial charge in [0.1, 0.15) is 5.76 Å². The molecule has 2 aromatic rings. The molecule has 0 fully saturated rings. The minimum absolute atomic E-state index is 0.0155. The van der Waals surface area contributed by atoms with Crippen molar-refractivity contribution >= 4 is 29.0 Å². The summed E-state index contributed by atoms with van der Waals surface area (Å²) in [6.45, 7) is 0.580. The van der Waals surface area contributed by atoms with Crippen LogP contribution in [0.4, 0.5) is 11.4 Å². The van der Waals surface area contributed by atoms with Crippen LogP contribution in [0.2, 0.25) is 0 Å². The topological polar surface area (TPSA) is 76.6 Å². The second-order valence-electron chi connectivity index (χ2n) is 4.94. The molecule has 1 aromatic carbocycles. The zero-order valence-electron chi connectivity index (χ0n) is 11.7. The molecule has 1 amide bonds. The molecule has 0 radical (unpaired) electrons. The summed E-state index contributed by atoms with van der Waals surface area (Å²) in [5.74, 6) is 1.75. The number of carbonyl (C=O) groups excluding carboxylic acids is 1. The van der Waals surface area contributed by atoms with Gasteiger partial charge in [-0.25, -0.2) is 0 Å². The Morgan fingerprint density at radius 3 is 3.00 bits per heavy atom. The second kappa shape index (κ2) is 6.23. The van der Waals surface area contributed by atoms with Crippen molar-refractivity contribution in [3.63, 3.8) is 0 Å². The molecule has 1 aliphatic heterocycles. The van der Waals surface area contributed by atoms with Crippen LogP contribution in [0.3, 0.4) is 0 Å². The number of non-ortho nitro benzene ring substituents is 1. The van der Waals surface area contributed by atoms with Gasteiger partial charge < -0.3 is 9.32 Å². The van der Waals surface area contributed by atoms with Gasteiger partial charge in [0.15, 0.2) is 0 Å². The van der Waals surface area contributed by atoms with Crippen molar-refractivity contribution in [2.45, 2.75) is 12.2 Å². The monoisotopic (exact) mass is 318 g/mol. The fourth-order valence-electron chi connectivity index (χ4n) is 2.45. The summed E-state index contributed by atoms with van der Waals surface area (Å²) in [4.78, 5) is 24.4. The normalized spacial score (nSPS) is 13.2. The molecule has 0 unspecified atom stereocenters. The van der Waals surface area contributed by atoms with Gasteiger partial charge in [-0.3, -0.25) is 14.9 Å². The number of fused-ring (bicyclic) bond motifs is 1. The average Bonchev–Trinajstić information content (AvgIpc) is 3.15. The van der Waals surface area contributed by atoms with Crippen LogP contribution < -0.4 is 4.90 Å². The van der Waals surface area contributed by atoms with Crippen LogP contribution >= 0.6 is 11.8 Å². The number of hydrogen-bond acceptors (Lipinski definition) is 5. The molecule has 7 heteroatoms. The number of benzene rings is 1. The van der Waals surface area contributed by atoms with E-state index in [1.165, 1.54) is 23.9 Å². The molecule has 2 heterocycles. The molecule has 0 saturated carbocycles. The Morgan fingerprint density at radius 2 is 2.27 bits per heavy atom. The molecule has 0 saturated heterocycles. The largest absolute Gasteiger partial charge is 0.468 e. The lowest BCUT2D eigenvalue weighted by Crippen LogP contribution is -2.30. The lowest BCUT2D eigenvalue weighted by atomic mass is 10.1. The Labute approximate surface area is 131 Å². The van der Waals surface area contributed by atoms with Crippen LogP contribution in [0.15, 0.2) is 41.0 Å². The van der Waals surface area contributed by atoms with Gasteiger partial charge in [-0.05, 0) is 24.1 Å². The second-order valence-corrected chi connectivity index (χ2v) is 5.92. The molecule has 0 spiro atoms. The number of rotatable bonds is 5.